The predicted octanol–water partition coefficient (Wildman–Crippen LogP) is 3.43. The summed E-state index contributed by atoms with van der Waals surface area (Å²) in [5.41, 5.74) is 1.67. The van der Waals surface area contributed by atoms with Crippen molar-refractivity contribution < 1.29 is 4.39 Å². The number of anilines is 3. The van der Waals surface area contributed by atoms with E-state index in [4.69, 9.17) is 0 Å². The number of rotatable bonds is 6. The second kappa shape index (κ2) is 7.50. The number of para-hydroxylation sites is 1. The Balaban J connectivity index is 1.64. The summed E-state index contributed by atoms with van der Waals surface area (Å²) in [6.07, 6.45) is 2.16. The quantitative estimate of drug-likeness (QED) is 0.753. The van der Waals surface area contributed by atoms with E-state index in [0.717, 1.165) is 5.69 Å². The molecule has 0 atom stereocenters. The summed E-state index contributed by atoms with van der Waals surface area (Å²) in [6.45, 7) is 0.529. The molecule has 0 fully saturated rings. The van der Waals surface area contributed by atoms with Gasteiger partial charge >= 0.3 is 0 Å². The number of benzene rings is 2. The third kappa shape index (κ3) is 3.84. The standard InChI is InChI=1S/C18H18FN5/c1-24(15-8-3-2-4-9-15)17-13-21-23-18(22-17)20-12-11-14-7-5-6-10-16(14)19/h2-10,13H,11-12H2,1H3,(H,20,22,23). The number of hydrogen-bond acceptors (Lipinski definition) is 5. The summed E-state index contributed by atoms with van der Waals surface area (Å²) in [4.78, 5) is 6.38. The molecule has 1 heterocycles. The van der Waals surface area contributed by atoms with Gasteiger partial charge in [-0.3, -0.25) is 0 Å². The van der Waals surface area contributed by atoms with E-state index in [1.165, 1.54) is 6.07 Å². The van der Waals surface area contributed by atoms with Crippen molar-refractivity contribution >= 4 is 17.5 Å². The highest BCUT2D eigenvalue weighted by Gasteiger charge is 2.07. The molecule has 0 spiro atoms. The molecule has 0 radical (unpaired) electrons. The fraction of sp³-hybridized carbons (Fsp3) is 0.167. The normalized spacial score (nSPS) is 10.4. The Morgan fingerprint density at radius 3 is 2.58 bits per heavy atom. The third-order valence-electron chi connectivity index (χ3n) is 3.67. The molecule has 3 rings (SSSR count). The van der Waals surface area contributed by atoms with Gasteiger partial charge in [-0.05, 0) is 30.2 Å². The number of hydrogen-bond donors (Lipinski definition) is 1. The first-order valence-corrected chi connectivity index (χ1v) is 7.70. The summed E-state index contributed by atoms with van der Waals surface area (Å²) < 4.78 is 13.6. The fourth-order valence-corrected chi connectivity index (χ4v) is 2.33. The van der Waals surface area contributed by atoms with E-state index >= 15 is 0 Å². The average molecular weight is 323 g/mol. The molecule has 2 aromatic carbocycles. The van der Waals surface area contributed by atoms with Gasteiger partial charge in [-0.1, -0.05) is 36.4 Å². The maximum absolute atomic E-state index is 13.6. The Hall–Kier alpha value is -3.02. The molecule has 0 unspecified atom stereocenters. The van der Waals surface area contributed by atoms with E-state index in [0.29, 0.717) is 30.3 Å². The Kier molecular flexibility index (Phi) is 4.96. The van der Waals surface area contributed by atoms with Gasteiger partial charge in [0.15, 0.2) is 5.82 Å². The topological polar surface area (TPSA) is 53.9 Å². The number of nitrogens with one attached hydrogen (secondary N) is 1. The lowest BCUT2D eigenvalue weighted by molar-refractivity contribution is 0.610. The molecular formula is C18H18FN5. The van der Waals surface area contributed by atoms with Crippen LogP contribution in [0.5, 0.6) is 0 Å². The lowest BCUT2D eigenvalue weighted by atomic mass is 10.1. The molecule has 0 amide bonds. The minimum atomic E-state index is -0.198. The smallest absolute Gasteiger partial charge is 0.244 e. The molecule has 0 bridgehead atoms. The molecule has 0 saturated carbocycles. The van der Waals surface area contributed by atoms with Crippen molar-refractivity contribution in [3.63, 3.8) is 0 Å². The Labute approximate surface area is 140 Å². The van der Waals surface area contributed by atoms with Gasteiger partial charge in [-0.2, -0.15) is 10.1 Å². The highest BCUT2D eigenvalue weighted by molar-refractivity contribution is 5.58. The maximum Gasteiger partial charge on any atom is 0.244 e. The zero-order valence-corrected chi connectivity index (χ0v) is 13.4. The molecule has 5 nitrogen and oxygen atoms in total. The van der Waals surface area contributed by atoms with Gasteiger partial charge in [0.1, 0.15) is 5.82 Å². The molecular weight excluding hydrogens is 305 g/mol. The average Bonchev–Trinajstić information content (AvgIpc) is 2.64. The molecule has 0 aliphatic rings. The van der Waals surface area contributed by atoms with Crippen LogP contribution in [0.2, 0.25) is 0 Å². The highest BCUT2D eigenvalue weighted by atomic mass is 19.1. The number of nitrogens with zero attached hydrogens (tertiary/aromatic N) is 4. The van der Waals surface area contributed by atoms with Crippen LogP contribution in [0.15, 0.2) is 60.8 Å². The molecule has 0 saturated heterocycles. The first-order valence-electron chi connectivity index (χ1n) is 7.70. The van der Waals surface area contributed by atoms with Crippen LogP contribution in [0.1, 0.15) is 5.56 Å². The Morgan fingerprint density at radius 2 is 1.79 bits per heavy atom. The fourth-order valence-electron chi connectivity index (χ4n) is 2.33. The highest BCUT2D eigenvalue weighted by Crippen LogP contribution is 2.20. The van der Waals surface area contributed by atoms with Gasteiger partial charge in [-0.25, -0.2) is 4.39 Å². The summed E-state index contributed by atoms with van der Waals surface area (Å²) in [5, 5.41) is 11.0. The van der Waals surface area contributed by atoms with E-state index in [1.54, 1.807) is 18.3 Å². The molecule has 1 N–H and O–H groups in total. The predicted molar refractivity (Wildman–Crippen MR) is 92.9 cm³/mol. The van der Waals surface area contributed by atoms with Crippen LogP contribution in [0.4, 0.5) is 21.8 Å². The second-order valence-electron chi connectivity index (χ2n) is 5.30. The zero-order valence-electron chi connectivity index (χ0n) is 13.4. The van der Waals surface area contributed by atoms with Crippen molar-refractivity contribution in [1.82, 2.24) is 15.2 Å². The largest absolute Gasteiger partial charge is 0.353 e. The first-order chi connectivity index (χ1) is 11.7. The van der Waals surface area contributed by atoms with Crippen molar-refractivity contribution in [2.24, 2.45) is 0 Å². The third-order valence-corrected chi connectivity index (χ3v) is 3.67. The van der Waals surface area contributed by atoms with E-state index < -0.39 is 0 Å². The van der Waals surface area contributed by atoms with Crippen LogP contribution in [-0.2, 0) is 6.42 Å². The van der Waals surface area contributed by atoms with Gasteiger partial charge in [0.05, 0.1) is 6.20 Å². The lowest BCUT2D eigenvalue weighted by Gasteiger charge is -2.18. The Bertz CT molecular complexity index is 794. The summed E-state index contributed by atoms with van der Waals surface area (Å²) in [5.74, 6) is 0.909. The van der Waals surface area contributed by atoms with Crippen LogP contribution < -0.4 is 10.2 Å². The second-order valence-corrected chi connectivity index (χ2v) is 5.30. The van der Waals surface area contributed by atoms with Crippen LogP contribution in [0.3, 0.4) is 0 Å². The van der Waals surface area contributed by atoms with Gasteiger partial charge in [0.2, 0.25) is 5.95 Å². The first kappa shape index (κ1) is 15.9. The van der Waals surface area contributed by atoms with Crippen LogP contribution in [0, 0.1) is 5.82 Å². The van der Waals surface area contributed by atoms with Crippen molar-refractivity contribution in [2.75, 3.05) is 23.8 Å². The molecule has 122 valence electrons. The van der Waals surface area contributed by atoms with Gasteiger partial charge < -0.3 is 10.2 Å². The monoisotopic (exact) mass is 323 g/mol. The molecule has 24 heavy (non-hydrogen) atoms. The number of aromatic nitrogens is 3. The van der Waals surface area contributed by atoms with E-state index in [2.05, 4.69) is 20.5 Å². The van der Waals surface area contributed by atoms with Crippen molar-refractivity contribution in [3.05, 3.63) is 72.2 Å². The van der Waals surface area contributed by atoms with Gasteiger partial charge in [0.25, 0.3) is 0 Å². The van der Waals surface area contributed by atoms with E-state index in [-0.39, 0.29) is 5.82 Å². The van der Waals surface area contributed by atoms with E-state index in [1.807, 2.05) is 48.3 Å². The summed E-state index contributed by atoms with van der Waals surface area (Å²) in [6, 6.07) is 16.6. The minimum Gasteiger partial charge on any atom is -0.353 e. The number of halogens is 1. The van der Waals surface area contributed by atoms with Crippen molar-refractivity contribution in [1.29, 1.82) is 0 Å². The summed E-state index contributed by atoms with van der Waals surface area (Å²) in [7, 11) is 1.92. The van der Waals surface area contributed by atoms with Crippen LogP contribution >= 0.6 is 0 Å². The molecule has 6 heteroatoms. The molecule has 3 aromatic rings. The molecule has 0 aliphatic carbocycles. The Morgan fingerprint density at radius 1 is 1.04 bits per heavy atom. The van der Waals surface area contributed by atoms with Gasteiger partial charge in [0, 0.05) is 19.3 Å². The van der Waals surface area contributed by atoms with Crippen molar-refractivity contribution in [2.45, 2.75) is 6.42 Å². The van der Waals surface area contributed by atoms with Crippen molar-refractivity contribution in [3.8, 4) is 0 Å². The van der Waals surface area contributed by atoms with Crippen LogP contribution in [0.25, 0.3) is 0 Å². The van der Waals surface area contributed by atoms with Crippen LogP contribution in [-0.4, -0.2) is 28.8 Å². The molecule has 1 aromatic heterocycles. The minimum absolute atomic E-state index is 0.198. The van der Waals surface area contributed by atoms with E-state index in [9.17, 15) is 4.39 Å². The van der Waals surface area contributed by atoms with Gasteiger partial charge in [-0.15, -0.1) is 5.10 Å². The summed E-state index contributed by atoms with van der Waals surface area (Å²) >= 11 is 0. The SMILES string of the molecule is CN(c1ccccc1)c1cnnc(NCCc2ccccc2F)n1. The lowest BCUT2D eigenvalue weighted by Crippen LogP contribution is -2.15. The molecule has 0 aliphatic heterocycles. The maximum atomic E-state index is 13.6. The zero-order chi connectivity index (χ0) is 16.8.